The summed E-state index contributed by atoms with van der Waals surface area (Å²) in [5.74, 6) is 1.28. The molecule has 0 spiro atoms. The number of fused-ring (bicyclic) bond motifs is 1. The summed E-state index contributed by atoms with van der Waals surface area (Å²) in [6.07, 6.45) is 3.77. The normalized spacial score (nSPS) is 15.4. The van der Waals surface area contributed by atoms with Crippen molar-refractivity contribution in [2.24, 2.45) is 11.7 Å². The van der Waals surface area contributed by atoms with E-state index in [1.165, 1.54) is 4.57 Å². The second-order valence-electron chi connectivity index (χ2n) is 6.18. The van der Waals surface area contributed by atoms with Gasteiger partial charge in [-0.05, 0) is 37.8 Å². The lowest BCUT2D eigenvalue weighted by molar-refractivity contribution is 0.570. The minimum atomic E-state index is -0.357. The largest absolute Gasteiger partial charge is 0.321 e. The Labute approximate surface area is 137 Å². The highest BCUT2D eigenvalue weighted by molar-refractivity contribution is 5.83. The zero-order chi connectivity index (χ0) is 16.8. The average Bonchev–Trinajstić information content (AvgIpc) is 3.36. The Morgan fingerprint density at radius 3 is 2.88 bits per heavy atom. The summed E-state index contributed by atoms with van der Waals surface area (Å²) in [6, 6.07) is 6.77. The van der Waals surface area contributed by atoms with Gasteiger partial charge in [0.15, 0.2) is 5.82 Å². The third-order valence-corrected chi connectivity index (χ3v) is 4.49. The van der Waals surface area contributed by atoms with Gasteiger partial charge in [-0.25, -0.2) is 9.55 Å². The molecule has 7 nitrogen and oxygen atoms in total. The molecule has 1 saturated carbocycles. The van der Waals surface area contributed by atoms with Crippen molar-refractivity contribution in [2.45, 2.75) is 25.8 Å². The lowest BCUT2D eigenvalue weighted by Crippen LogP contribution is -2.30. The monoisotopic (exact) mass is 320 g/mol. The van der Waals surface area contributed by atoms with Crippen LogP contribution in [0.5, 0.6) is 0 Å². The van der Waals surface area contributed by atoms with Crippen LogP contribution in [0, 0.1) is 24.2 Å². The first kappa shape index (κ1) is 14.6. The van der Waals surface area contributed by atoms with Crippen molar-refractivity contribution in [1.82, 2.24) is 19.7 Å². The minimum absolute atomic E-state index is 0.251. The third kappa shape index (κ3) is 2.12. The van der Waals surface area contributed by atoms with Gasteiger partial charge in [0.05, 0.1) is 22.5 Å². The van der Waals surface area contributed by atoms with E-state index in [0.29, 0.717) is 34.0 Å². The first-order valence-corrected chi connectivity index (χ1v) is 7.84. The van der Waals surface area contributed by atoms with Crippen LogP contribution in [0.25, 0.3) is 16.7 Å². The lowest BCUT2D eigenvalue weighted by atomic mass is 10.1. The molecule has 1 atom stereocenters. The number of nitriles is 1. The van der Waals surface area contributed by atoms with Crippen molar-refractivity contribution in [3.8, 4) is 11.9 Å². The molecule has 0 amide bonds. The van der Waals surface area contributed by atoms with Gasteiger partial charge in [-0.2, -0.15) is 10.4 Å². The number of hydrogen-bond acceptors (Lipinski definition) is 5. The summed E-state index contributed by atoms with van der Waals surface area (Å²) in [7, 11) is 0. The molecule has 0 saturated heterocycles. The number of aromatic amines is 1. The number of rotatable bonds is 3. The Kier molecular flexibility index (Phi) is 3.22. The first-order chi connectivity index (χ1) is 11.6. The Balaban J connectivity index is 2.11. The van der Waals surface area contributed by atoms with Gasteiger partial charge < -0.3 is 5.73 Å². The maximum Gasteiger partial charge on any atom is 0.267 e. The molecular formula is C17H16N6O. The number of nitrogens with one attached hydrogen (secondary N) is 1. The topological polar surface area (TPSA) is 113 Å². The SMILES string of the molecule is Cc1c[nH]nc1-n1c([C@@H](N)C2CC2)nc2c(C#N)cccc2c1=O. The molecule has 2 heterocycles. The van der Waals surface area contributed by atoms with Gasteiger partial charge in [-0.3, -0.25) is 9.89 Å². The van der Waals surface area contributed by atoms with E-state index in [1.54, 1.807) is 24.4 Å². The fraction of sp³-hybridized carbons (Fsp3) is 0.294. The molecule has 24 heavy (non-hydrogen) atoms. The van der Waals surface area contributed by atoms with Crippen LogP contribution in [-0.2, 0) is 0 Å². The van der Waals surface area contributed by atoms with Crippen molar-refractivity contribution in [3.05, 3.63) is 51.7 Å². The van der Waals surface area contributed by atoms with Crippen LogP contribution in [0.4, 0.5) is 0 Å². The molecule has 0 bridgehead atoms. The predicted octanol–water partition coefficient (Wildman–Crippen LogP) is 1.70. The molecule has 2 aromatic heterocycles. The molecule has 3 N–H and O–H groups in total. The molecule has 7 heteroatoms. The lowest BCUT2D eigenvalue weighted by Gasteiger charge is -2.17. The van der Waals surface area contributed by atoms with E-state index in [2.05, 4.69) is 21.3 Å². The van der Waals surface area contributed by atoms with E-state index in [0.717, 1.165) is 18.4 Å². The van der Waals surface area contributed by atoms with Crippen LogP contribution in [0.3, 0.4) is 0 Å². The standard InChI is InChI=1S/C17H16N6O/c1-9-8-20-22-15(9)23-16(13(19)10-5-6-10)21-14-11(7-18)3-2-4-12(14)17(23)24/h2-4,8,10,13H,5-6,19H2,1H3,(H,20,22)/t13-/m0/s1. The smallest absolute Gasteiger partial charge is 0.267 e. The highest BCUT2D eigenvalue weighted by Crippen LogP contribution is 2.39. The van der Waals surface area contributed by atoms with Crippen LogP contribution < -0.4 is 11.3 Å². The maximum absolute atomic E-state index is 13.1. The van der Waals surface area contributed by atoms with Gasteiger partial charge in [-0.15, -0.1) is 0 Å². The van der Waals surface area contributed by atoms with Gasteiger partial charge in [0.2, 0.25) is 0 Å². The fourth-order valence-corrected chi connectivity index (χ4v) is 2.98. The van der Waals surface area contributed by atoms with Gasteiger partial charge in [0, 0.05) is 11.8 Å². The Bertz CT molecular complexity index is 1040. The highest BCUT2D eigenvalue weighted by Gasteiger charge is 2.33. The quantitative estimate of drug-likeness (QED) is 0.762. The molecule has 120 valence electrons. The summed E-state index contributed by atoms with van der Waals surface area (Å²) in [5.41, 5.74) is 7.72. The van der Waals surface area contributed by atoms with Crippen LogP contribution in [-0.4, -0.2) is 19.7 Å². The Hall–Kier alpha value is -2.98. The highest BCUT2D eigenvalue weighted by atomic mass is 16.1. The summed E-state index contributed by atoms with van der Waals surface area (Å²) in [6.45, 7) is 1.87. The van der Waals surface area contributed by atoms with Crippen molar-refractivity contribution >= 4 is 10.9 Å². The van der Waals surface area contributed by atoms with E-state index in [-0.39, 0.29) is 11.6 Å². The molecule has 0 radical (unpaired) electrons. The van der Waals surface area contributed by atoms with Crippen molar-refractivity contribution in [2.75, 3.05) is 0 Å². The van der Waals surface area contributed by atoms with Gasteiger partial charge >= 0.3 is 0 Å². The molecule has 1 fully saturated rings. The molecule has 1 aliphatic carbocycles. The molecule has 0 aliphatic heterocycles. The summed E-state index contributed by atoms with van der Waals surface area (Å²) >= 11 is 0. The second-order valence-corrected chi connectivity index (χ2v) is 6.18. The second kappa shape index (κ2) is 5.28. The number of hydrogen-bond donors (Lipinski definition) is 2. The van der Waals surface area contributed by atoms with Gasteiger partial charge in [-0.1, -0.05) is 6.07 Å². The predicted molar refractivity (Wildman–Crippen MR) is 88.6 cm³/mol. The fourth-order valence-electron chi connectivity index (χ4n) is 2.98. The summed E-state index contributed by atoms with van der Waals surface area (Å²) in [5, 5.41) is 16.7. The zero-order valence-corrected chi connectivity index (χ0v) is 13.2. The molecule has 1 aliphatic rings. The number of benzene rings is 1. The average molecular weight is 320 g/mol. The van der Waals surface area contributed by atoms with E-state index in [1.807, 2.05) is 6.92 Å². The van der Waals surface area contributed by atoms with Crippen LogP contribution in [0.2, 0.25) is 0 Å². The van der Waals surface area contributed by atoms with E-state index < -0.39 is 0 Å². The summed E-state index contributed by atoms with van der Waals surface area (Å²) < 4.78 is 1.48. The van der Waals surface area contributed by atoms with E-state index >= 15 is 0 Å². The van der Waals surface area contributed by atoms with Gasteiger partial charge in [0.1, 0.15) is 11.9 Å². The van der Waals surface area contributed by atoms with Crippen molar-refractivity contribution in [3.63, 3.8) is 0 Å². The van der Waals surface area contributed by atoms with E-state index in [4.69, 9.17) is 5.73 Å². The number of para-hydroxylation sites is 1. The number of aryl methyl sites for hydroxylation is 1. The first-order valence-electron chi connectivity index (χ1n) is 7.84. The van der Waals surface area contributed by atoms with Crippen molar-refractivity contribution in [1.29, 1.82) is 5.26 Å². The molecule has 3 aromatic rings. The maximum atomic E-state index is 13.1. The summed E-state index contributed by atoms with van der Waals surface area (Å²) in [4.78, 5) is 17.7. The Morgan fingerprint density at radius 2 is 2.25 bits per heavy atom. The number of nitrogens with zero attached hydrogens (tertiary/aromatic N) is 4. The van der Waals surface area contributed by atoms with Gasteiger partial charge in [0.25, 0.3) is 5.56 Å². The van der Waals surface area contributed by atoms with Crippen LogP contribution >= 0.6 is 0 Å². The van der Waals surface area contributed by atoms with Crippen LogP contribution in [0.15, 0.2) is 29.2 Å². The van der Waals surface area contributed by atoms with Crippen LogP contribution in [0.1, 0.15) is 35.8 Å². The molecule has 0 unspecified atom stereocenters. The molecule has 4 rings (SSSR count). The van der Waals surface area contributed by atoms with E-state index in [9.17, 15) is 10.1 Å². The molecular weight excluding hydrogens is 304 g/mol. The number of H-pyrrole nitrogens is 1. The Morgan fingerprint density at radius 1 is 1.46 bits per heavy atom. The molecule has 1 aromatic carbocycles. The zero-order valence-electron chi connectivity index (χ0n) is 13.2. The van der Waals surface area contributed by atoms with Crippen molar-refractivity contribution < 1.29 is 0 Å². The minimum Gasteiger partial charge on any atom is -0.321 e. The third-order valence-electron chi connectivity index (χ3n) is 4.49. The number of nitrogens with two attached hydrogens (primary N) is 1. The number of aromatic nitrogens is 4.